The van der Waals surface area contributed by atoms with E-state index in [2.05, 4.69) is 5.32 Å². The van der Waals surface area contributed by atoms with E-state index in [4.69, 9.17) is 5.11 Å². The lowest BCUT2D eigenvalue weighted by Crippen LogP contribution is -2.47. The number of benzene rings is 1. The van der Waals surface area contributed by atoms with E-state index in [1.54, 1.807) is 18.7 Å². The van der Waals surface area contributed by atoms with Crippen LogP contribution in [0.1, 0.15) is 31.4 Å². The van der Waals surface area contributed by atoms with Gasteiger partial charge in [-0.05, 0) is 18.4 Å². The van der Waals surface area contributed by atoms with Gasteiger partial charge in [0, 0.05) is 19.5 Å². The van der Waals surface area contributed by atoms with Crippen molar-refractivity contribution in [1.82, 2.24) is 10.2 Å². The fraction of sp³-hybridized carbons (Fsp3) is 0.500. The van der Waals surface area contributed by atoms with Crippen molar-refractivity contribution in [1.29, 1.82) is 0 Å². The Kier molecular flexibility index (Phi) is 5.59. The summed E-state index contributed by atoms with van der Waals surface area (Å²) < 4.78 is 0. The zero-order chi connectivity index (χ0) is 17.9. The fourth-order valence-corrected chi connectivity index (χ4v) is 2.80. The number of rotatable bonds is 6. The van der Waals surface area contributed by atoms with Crippen molar-refractivity contribution in [2.24, 2.45) is 11.8 Å². The Morgan fingerprint density at radius 2 is 1.92 bits per heavy atom. The van der Waals surface area contributed by atoms with Gasteiger partial charge in [-0.1, -0.05) is 43.7 Å². The number of amides is 2. The largest absolute Gasteiger partial charge is 0.480 e. The number of nitrogens with one attached hydrogen (secondary N) is 1. The molecule has 2 rings (SSSR count). The third kappa shape index (κ3) is 4.34. The molecule has 1 aromatic rings. The lowest BCUT2D eigenvalue weighted by molar-refractivity contribution is -0.143. The first-order chi connectivity index (χ1) is 11.3. The van der Waals surface area contributed by atoms with Crippen molar-refractivity contribution in [3.8, 4) is 0 Å². The van der Waals surface area contributed by atoms with E-state index in [9.17, 15) is 14.4 Å². The van der Waals surface area contributed by atoms with Gasteiger partial charge < -0.3 is 15.3 Å². The molecular formula is C18H24N2O4. The van der Waals surface area contributed by atoms with E-state index in [0.29, 0.717) is 13.1 Å². The maximum atomic E-state index is 12.3. The third-order valence-electron chi connectivity index (χ3n) is 4.31. The van der Waals surface area contributed by atoms with Crippen molar-refractivity contribution < 1.29 is 19.5 Å². The van der Waals surface area contributed by atoms with E-state index >= 15 is 0 Å². The summed E-state index contributed by atoms with van der Waals surface area (Å²) in [6, 6.07) is 6.98. The number of aryl methyl sites for hydroxylation is 1. The number of nitrogens with zero attached hydrogens (tertiary/aromatic N) is 1. The maximum absolute atomic E-state index is 12.3. The van der Waals surface area contributed by atoms with Crippen LogP contribution in [0, 0.1) is 18.8 Å². The quantitative estimate of drug-likeness (QED) is 0.828. The van der Waals surface area contributed by atoms with Gasteiger partial charge in [-0.25, -0.2) is 4.79 Å². The second-order valence-corrected chi connectivity index (χ2v) is 6.73. The highest BCUT2D eigenvalue weighted by Gasteiger charge is 2.36. The first kappa shape index (κ1) is 18.0. The minimum absolute atomic E-state index is 0.0767. The zero-order valence-electron chi connectivity index (χ0n) is 14.3. The summed E-state index contributed by atoms with van der Waals surface area (Å²) in [7, 11) is 0. The lowest BCUT2D eigenvalue weighted by atomic mass is 10.0. The Balaban J connectivity index is 1.97. The van der Waals surface area contributed by atoms with E-state index in [1.807, 2.05) is 31.2 Å². The lowest BCUT2D eigenvalue weighted by Gasteiger charge is -2.20. The Morgan fingerprint density at radius 3 is 2.46 bits per heavy atom. The van der Waals surface area contributed by atoms with E-state index in [1.165, 1.54) is 0 Å². The van der Waals surface area contributed by atoms with Gasteiger partial charge in [-0.2, -0.15) is 0 Å². The van der Waals surface area contributed by atoms with Gasteiger partial charge in [0.2, 0.25) is 11.8 Å². The molecule has 1 aliphatic rings. The fourth-order valence-electron chi connectivity index (χ4n) is 2.80. The van der Waals surface area contributed by atoms with Gasteiger partial charge in [0.1, 0.15) is 6.04 Å². The van der Waals surface area contributed by atoms with E-state index in [0.717, 1.165) is 11.1 Å². The average molecular weight is 332 g/mol. The molecule has 0 aliphatic carbocycles. The molecule has 24 heavy (non-hydrogen) atoms. The summed E-state index contributed by atoms with van der Waals surface area (Å²) in [6.07, 6.45) is 0.127. The SMILES string of the molecule is Cc1ccc(CN2CC(C(=O)NC(C(=O)O)C(C)C)CC2=O)cc1. The minimum Gasteiger partial charge on any atom is -0.480 e. The smallest absolute Gasteiger partial charge is 0.326 e. The summed E-state index contributed by atoms with van der Waals surface area (Å²) in [5.41, 5.74) is 2.16. The highest BCUT2D eigenvalue weighted by molar-refractivity contribution is 5.91. The van der Waals surface area contributed by atoms with Crippen molar-refractivity contribution in [2.45, 2.75) is 39.8 Å². The second-order valence-electron chi connectivity index (χ2n) is 6.73. The minimum atomic E-state index is -1.06. The molecule has 0 radical (unpaired) electrons. The molecule has 0 aromatic heterocycles. The van der Waals surface area contributed by atoms with Crippen LogP contribution in [0.15, 0.2) is 24.3 Å². The van der Waals surface area contributed by atoms with Crippen LogP contribution in [0.2, 0.25) is 0 Å². The van der Waals surface area contributed by atoms with Crippen molar-refractivity contribution in [3.05, 3.63) is 35.4 Å². The number of carbonyl (C=O) groups is 3. The molecule has 2 amide bonds. The molecule has 1 aliphatic heterocycles. The molecule has 6 heteroatoms. The summed E-state index contributed by atoms with van der Waals surface area (Å²) in [5, 5.41) is 11.7. The number of carbonyl (C=O) groups excluding carboxylic acids is 2. The molecule has 0 saturated carbocycles. The van der Waals surface area contributed by atoms with Crippen LogP contribution in [0.3, 0.4) is 0 Å². The number of carboxylic acids is 1. The Hall–Kier alpha value is -2.37. The highest BCUT2D eigenvalue weighted by atomic mass is 16.4. The summed E-state index contributed by atoms with van der Waals surface area (Å²) in [5.74, 6) is -2.21. The van der Waals surface area contributed by atoms with Crippen molar-refractivity contribution in [3.63, 3.8) is 0 Å². The molecule has 130 valence electrons. The summed E-state index contributed by atoms with van der Waals surface area (Å²) in [4.78, 5) is 37.3. The molecule has 6 nitrogen and oxygen atoms in total. The molecule has 2 atom stereocenters. The van der Waals surface area contributed by atoms with E-state index < -0.39 is 17.9 Å². The molecule has 0 bridgehead atoms. The van der Waals surface area contributed by atoms with Gasteiger partial charge in [0.05, 0.1) is 5.92 Å². The van der Waals surface area contributed by atoms with Crippen LogP contribution < -0.4 is 5.32 Å². The van der Waals surface area contributed by atoms with E-state index in [-0.39, 0.29) is 24.2 Å². The normalized spacial score (nSPS) is 18.8. The number of aliphatic carboxylic acids is 1. The highest BCUT2D eigenvalue weighted by Crippen LogP contribution is 2.21. The predicted octanol–water partition coefficient (Wildman–Crippen LogP) is 1.57. The summed E-state index contributed by atoms with van der Waals surface area (Å²) >= 11 is 0. The summed E-state index contributed by atoms with van der Waals surface area (Å²) in [6.45, 7) is 6.27. The van der Waals surface area contributed by atoms with Crippen molar-refractivity contribution in [2.75, 3.05) is 6.54 Å². The number of likely N-dealkylation sites (tertiary alicyclic amines) is 1. The molecule has 1 aromatic carbocycles. The van der Waals surface area contributed by atoms with Crippen LogP contribution in [0.5, 0.6) is 0 Å². The van der Waals surface area contributed by atoms with Crippen LogP contribution in [0.4, 0.5) is 0 Å². The predicted molar refractivity (Wildman–Crippen MR) is 89.1 cm³/mol. The molecule has 1 fully saturated rings. The van der Waals surface area contributed by atoms with Gasteiger partial charge in [0.25, 0.3) is 0 Å². The van der Waals surface area contributed by atoms with Gasteiger partial charge >= 0.3 is 5.97 Å². The Bertz CT molecular complexity index is 624. The zero-order valence-corrected chi connectivity index (χ0v) is 14.3. The second kappa shape index (κ2) is 7.47. The number of carboxylic acid groups (broad SMARTS) is 1. The monoisotopic (exact) mass is 332 g/mol. The molecule has 2 N–H and O–H groups in total. The van der Waals surface area contributed by atoms with Crippen LogP contribution in [0.25, 0.3) is 0 Å². The van der Waals surface area contributed by atoms with Crippen LogP contribution in [-0.4, -0.2) is 40.4 Å². The maximum Gasteiger partial charge on any atom is 0.326 e. The molecule has 0 spiro atoms. The third-order valence-corrected chi connectivity index (χ3v) is 4.31. The van der Waals surface area contributed by atoms with Crippen molar-refractivity contribution >= 4 is 17.8 Å². The molecule has 2 unspecified atom stereocenters. The van der Waals surface area contributed by atoms with Gasteiger partial charge in [-0.15, -0.1) is 0 Å². The molecule has 1 heterocycles. The molecular weight excluding hydrogens is 308 g/mol. The molecule has 1 saturated heterocycles. The first-order valence-electron chi connectivity index (χ1n) is 8.14. The first-order valence-corrected chi connectivity index (χ1v) is 8.14. The number of hydrogen-bond acceptors (Lipinski definition) is 3. The van der Waals surface area contributed by atoms with Crippen LogP contribution >= 0.6 is 0 Å². The number of hydrogen-bond donors (Lipinski definition) is 2. The standard InChI is InChI=1S/C18H24N2O4/c1-11(2)16(18(23)24)19-17(22)14-8-15(21)20(10-14)9-13-6-4-12(3)5-7-13/h4-7,11,14,16H,8-10H2,1-3H3,(H,19,22)(H,23,24). The van der Waals surface area contributed by atoms with Gasteiger partial charge in [-0.3, -0.25) is 9.59 Å². The Labute approximate surface area is 141 Å². The van der Waals surface area contributed by atoms with Gasteiger partial charge in [0.15, 0.2) is 0 Å². The van der Waals surface area contributed by atoms with Crippen LogP contribution in [-0.2, 0) is 20.9 Å². The topological polar surface area (TPSA) is 86.7 Å². The Morgan fingerprint density at radius 1 is 1.29 bits per heavy atom. The average Bonchev–Trinajstić information content (AvgIpc) is 2.87.